The van der Waals surface area contributed by atoms with Gasteiger partial charge < -0.3 is 9.64 Å². The maximum atomic E-state index is 11.7. The van der Waals surface area contributed by atoms with Crippen LogP contribution in [0, 0.1) is 0 Å². The molecule has 0 radical (unpaired) electrons. The molecule has 0 N–H and O–H groups in total. The highest BCUT2D eigenvalue weighted by atomic mass is 127. The van der Waals surface area contributed by atoms with Crippen LogP contribution in [0.4, 0.5) is 5.69 Å². The Morgan fingerprint density at radius 2 is 2.15 bits per heavy atom. The molecule has 0 amide bonds. The van der Waals surface area contributed by atoms with Crippen molar-refractivity contribution in [1.82, 2.24) is 0 Å². The molecule has 1 aliphatic heterocycles. The van der Waals surface area contributed by atoms with Crippen LogP contribution in [0.1, 0.15) is 48.5 Å². The minimum Gasteiger partial charge on any atom is -0.465 e. The topological polar surface area (TPSA) is 29.5 Å². The standard InChI is InChI=1S/C16H20INO2/c1-9(2)18-14-7-4-10(16(19)20-3)8-12(14)11-5-6-13(17)15(11)18/h4,7-9,11,13,15H,5-6H2,1-3H3. The van der Waals surface area contributed by atoms with E-state index in [9.17, 15) is 4.79 Å². The number of rotatable bonds is 2. The fourth-order valence-electron chi connectivity index (χ4n) is 3.75. The van der Waals surface area contributed by atoms with Gasteiger partial charge in [-0.1, -0.05) is 22.6 Å². The number of halogens is 1. The lowest BCUT2D eigenvalue weighted by molar-refractivity contribution is 0.0600. The van der Waals surface area contributed by atoms with E-state index < -0.39 is 0 Å². The number of hydrogen-bond donors (Lipinski definition) is 0. The molecule has 108 valence electrons. The van der Waals surface area contributed by atoms with Gasteiger partial charge >= 0.3 is 5.97 Å². The number of fused-ring (bicyclic) bond motifs is 3. The number of carbonyl (C=O) groups is 1. The van der Waals surface area contributed by atoms with Crippen molar-refractivity contribution in [2.75, 3.05) is 12.0 Å². The highest BCUT2D eigenvalue weighted by Crippen LogP contribution is 2.52. The van der Waals surface area contributed by atoms with Gasteiger partial charge in [-0.2, -0.15) is 0 Å². The summed E-state index contributed by atoms with van der Waals surface area (Å²) in [6.07, 6.45) is 2.49. The molecule has 3 unspecified atom stereocenters. The normalized spacial score (nSPS) is 27.6. The Balaban J connectivity index is 2.07. The predicted molar refractivity (Wildman–Crippen MR) is 89.0 cm³/mol. The number of nitrogens with zero attached hydrogens (tertiary/aromatic N) is 1. The fourth-order valence-corrected chi connectivity index (χ4v) is 4.96. The maximum Gasteiger partial charge on any atom is 0.337 e. The third kappa shape index (κ3) is 2.03. The van der Waals surface area contributed by atoms with Crippen LogP contribution in [0.3, 0.4) is 0 Å². The zero-order valence-corrected chi connectivity index (χ0v) is 14.3. The molecule has 3 nitrogen and oxygen atoms in total. The molecule has 0 saturated heterocycles. The second kappa shape index (κ2) is 5.20. The van der Waals surface area contributed by atoms with Crippen LogP contribution in [0.25, 0.3) is 0 Å². The largest absolute Gasteiger partial charge is 0.465 e. The summed E-state index contributed by atoms with van der Waals surface area (Å²) in [6, 6.07) is 7.12. The zero-order valence-electron chi connectivity index (χ0n) is 12.1. The SMILES string of the molecule is COC(=O)c1ccc2c(c1)C1CCC(I)C1N2C(C)C. The summed E-state index contributed by atoms with van der Waals surface area (Å²) in [4.78, 5) is 14.3. The lowest BCUT2D eigenvalue weighted by atomic mass is 9.96. The Hall–Kier alpha value is -0.780. The van der Waals surface area contributed by atoms with E-state index in [0.717, 1.165) is 0 Å². The number of ether oxygens (including phenoxy) is 1. The van der Waals surface area contributed by atoms with Crippen LogP contribution >= 0.6 is 22.6 Å². The molecule has 3 rings (SSSR count). The summed E-state index contributed by atoms with van der Waals surface area (Å²) >= 11 is 2.59. The van der Waals surface area contributed by atoms with Crippen LogP contribution in [0.2, 0.25) is 0 Å². The van der Waals surface area contributed by atoms with E-state index in [1.54, 1.807) is 0 Å². The molecule has 1 aromatic carbocycles. The van der Waals surface area contributed by atoms with Crippen LogP contribution in [0.5, 0.6) is 0 Å². The molecule has 1 heterocycles. The average molecular weight is 385 g/mol. The molecular formula is C16H20INO2. The highest BCUT2D eigenvalue weighted by molar-refractivity contribution is 14.1. The lowest BCUT2D eigenvalue weighted by Crippen LogP contribution is -2.41. The third-order valence-corrected chi connectivity index (χ3v) is 5.90. The van der Waals surface area contributed by atoms with Crippen LogP contribution < -0.4 is 4.90 Å². The quantitative estimate of drug-likeness (QED) is 0.441. The molecular weight excluding hydrogens is 365 g/mol. The van der Waals surface area contributed by atoms with E-state index in [4.69, 9.17) is 4.74 Å². The van der Waals surface area contributed by atoms with Crippen LogP contribution in [0.15, 0.2) is 18.2 Å². The molecule has 0 spiro atoms. The molecule has 2 aliphatic rings. The highest BCUT2D eigenvalue weighted by Gasteiger charge is 2.47. The predicted octanol–water partition coefficient (Wildman–Crippen LogP) is 3.75. The van der Waals surface area contributed by atoms with Gasteiger partial charge in [-0.15, -0.1) is 0 Å². The lowest BCUT2D eigenvalue weighted by Gasteiger charge is -2.33. The Labute approximate surface area is 133 Å². The minimum atomic E-state index is -0.239. The molecule has 4 heteroatoms. The second-order valence-electron chi connectivity index (χ2n) is 5.96. The molecule has 0 aromatic heterocycles. The number of alkyl halides is 1. The van der Waals surface area contributed by atoms with Crippen molar-refractivity contribution < 1.29 is 9.53 Å². The van der Waals surface area contributed by atoms with Crippen LogP contribution in [-0.4, -0.2) is 29.1 Å². The van der Waals surface area contributed by atoms with Crippen molar-refractivity contribution in [1.29, 1.82) is 0 Å². The van der Waals surface area contributed by atoms with E-state index in [1.807, 2.05) is 6.07 Å². The number of hydrogen-bond acceptors (Lipinski definition) is 3. The van der Waals surface area contributed by atoms with Crippen molar-refractivity contribution in [3.05, 3.63) is 29.3 Å². The van der Waals surface area contributed by atoms with E-state index in [2.05, 4.69) is 53.5 Å². The smallest absolute Gasteiger partial charge is 0.337 e. The van der Waals surface area contributed by atoms with E-state index >= 15 is 0 Å². The van der Waals surface area contributed by atoms with Gasteiger partial charge in [0.1, 0.15) is 0 Å². The van der Waals surface area contributed by atoms with Gasteiger partial charge in [-0.3, -0.25) is 0 Å². The van der Waals surface area contributed by atoms with Gasteiger partial charge in [0, 0.05) is 27.6 Å². The number of esters is 1. The fraction of sp³-hybridized carbons (Fsp3) is 0.562. The molecule has 3 atom stereocenters. The van der Waals surface area contributed by atoms with Gasteiger partial charge in [-0.05, 0) is 50.5 Å². The Kier molecular flexibility index (Phi) is 3.69. The summed E-state index contributed by atoms with van der Waals surface area (Å²) in [5.74, 6) is 0.329. The molecule has 20 heavy (non-hydrogen) atoms. The van der Waals surface area contributed by atoms with Crippen molar-refractivity contribution in [3.8, 4) is 0 Å². The van der Waals surface area contributed by atoms with Gasteiger partial charge in [0.15, 0.2) is 0 Å². The Bertz CT molecular complexity index is 543. The van der Waals surface area contributed by atoms with Gasteiger partial charge in [0.05, 0.1) is 12.7 Å². The summed E-state index contributed by atoms with van der Waals surface area (Å²) in [5.41, 5.74) is 3.32. The van der Waals surface area contributed by atoms with Gasteiger partial charge in [0.25, 0.3) is 0 Å². The van der Waals surface area contributed by atoms with Crippen LogP contribution in [-0.2, 0) is 4.74 Å². The minimum absolute atomic E-state index is 0.239. The first-order chi connectivity index (χ1) is 9.54. The molecule has 1 aromatic rings. The van der Waals surface area contributed by atoms with Gasteiger partial charge in [-0.25, -0.2) is 4.79 Å². The molecule has 1 fully saturated rings. The molecule has 1 saturated carbocycles. The van der Waals surface area contributed by atoms with E-state index in [1.165, 1.54) is 31.2 Å². The summed E-state index contributed by atoms with van der Waals surface area (Å²) < 4.78 is 5.54. The first-order valence-corrected chi connectivity index (χ1v) is 8.43. The Morgan fingerprint density at radius 3 is 2.80 bits per heavy atom. The maximum absolute atomic E-state index is 11.7. The van der Waals surface area contributed by atoms with Crippen molar-refractivity contribution >= 4 is 34.2 Å². The first kappa shape index (κ1) is 14.2. The van der Waals surface area contributed by atoms with Crippen molar-refractivity contribution in [2.45, 2.75) is 48.6 Å². The summed E-state index contributed by atoms with van der Waals surface area (Å²) in [7, 11) is 1.44. The zero-order chi connectivity index (χ0) is 14.4. The molecule has 0 bridgehead atoms. The molecule has 1 aliphatic carbocycles. The summed E-state index contributed by atoms with van der Waals surface area (Å²) in [6.45, 7) is 4.50. The third-order valence-electron chi connectivity index (χ3n) is 4.54. The van der Waals surface area contributed by atoms with E-state index in [-0.39, 0.29) is 5.97 Å². The summed E-state index contributed by atoms with van der Waals surface area (Å²) in [5, 5.41) is 0. The van der Waals surface area contributed by atoms with E-state index in [0.29, 0.717) is 27.5 Å². The number of benzene rings is 1. The van der Waals surface area contributed by atoms with Gasteiger partial charge in [0.2, 0.25) is 0 Å². The number of anilines is 1. The monoisotopic (exact) mass is 385 g/mol. The van der Waals surface area contributed by atoms with Crippen molar-refractivity contribution in [3.63, 3.8) is 0 Å². The Morgan fingerprint density at radius 1 is 1.40 bits per heavy atom. The number of methoxy groups -OCH3 is 1. The van der Waals surface area contributed by atoms with Crippen molar-refractivity contribution in [2.24, 2.45) is 0 Å². The second-order valence-corrected chi connectivity index (χ2v) is 7.56. The number of carbonyl (C=O) groups excluding carboxylic acids is 1. The first-order valence-electron chi connectivity index (χ1n) is 7.19. The average Bonchev–Trinajstić information content (AvgIpc) is 2.95.